The Morgan fingerprint density at radius 1 is 1.22 bits per heavy atom. The predicted octanol–water partition coefficient (Wildman–Crippen LogP) is 4.23. The number of piperidine rings is 1. The number of likely N-dealkylation sites (tertiary alicyclic amines) is 1. The van der Waals surface area contributed by atoms with Crippen LogP contribution in [-0.4, -0.2) is 42.2 Å². The highest BCUT2D eigenvalue weighted by Crippen LogP contribution is 2.27. The molecule has 1 fully saturated rings. The smallest absolute Gasteiger partial charge is 0.222 e. The van der Waals surface area contributed by atoms with E-state index in [4.69, 9.17) is 4.74 Å². The zero-order valence-electron chi connectivity index (χ0n) is 17.5. The molecular weight excluding hydrogens is 338 g/mol. The second kappa shape index (κ2) is 10.7. The van der Waals surface area contributed by atoms with E-state index in [1.165, 1.54) is 11.1 Å². The van der Waals surface area contributed by atoms with Crippen LogP contribution < -0.4 is 4.74 Å². The SMILES string of the molecule is CCc1cc(CC(CCC(O)CN2CCCCC2=O)C(C)C)ccc1OC. The summed E-state index contributed by atoms with van der Waals surface area (Å²) in [6.07, 6.45) is 5.98. The van der Waals surface area contributed by atoms with Crippen molar-refractivity contribution in [3.63, 3.8) is 0 Å². The third-order valence-corrected chi connectivity index (χ3v) is 5.89. The lowest BCUT2D eigenvalue weighted by Gasteiger charge is -2.29. The number of aliphatic hydroxyl groups is 1. The maximum Gasteiger partial charge on any atom is 0.222 e. The average Bonchev–Trinajstić information content (AvgIpc) is 2.66. The van der Waals surface area contributed by atoms with Crippen LogP contribution in [0, 0.1) is 11.8 Å². The molecule has 0 bridgehead atoms. The highest BCUT2D eigenvalue weighted by atomic mass is 16.5. The summed E-state index contributed by atoms with van der Waals surface area (Å²) in [6, 6.07) is 6.50. The molecule has 1 aliphatic rings. The van der Waals surface area contributed by atoms with E-state index in [0.717, 1.165) is 50.8 Å². The zero-order valence-corrected chi connectivity index (χ0v) is 17.5. The number of ether oxygens (including phenoxy) is 1. The Labute approximate surface area is 164 Å². The van der Waals surface area contributed by atoms with Gasteiger partial charge in [-0.3, -0.25) is 4.79 Å². The minimum absolute atomic E-state index is 0.200. The van der Waals surface area contributed by atoms with Gasteiger partial charge in [0.05, 0.1) is 13.2 Å². The van der Waals surface area contributed by atoms with Crippen LogP contribution in [0.1, 0.15) is 64.0 Å². The molecule has 4 heteroatoms. The molecule has 0 aromatic heterocycles. The number of carbonyl (C=O) groups is 1. The summed E-state index contributed by atoms with van der Waals surface area (Å²) >= 11 is 0. The number of aryl methyl sites for hydroxylation is 1. The maximum atomic E-state index is 11.9. The van der Waals surface area contributed by atoms with Crippen LogP contribution in [0.25, 0.3) is 0 Å². The van der Waals surface area contributed by atoms with Gasteiger partial charge < -0.3 is 14.7 Å². The minimum atomic E-state index is -0.421. The van der Waals surface area contributed by atoms with Gasteiger partial charge in [-0.25, -0.2) is 0 Å². The van der Waals surface area contributed by atoms with Gasteiger partial charge in [-0.2, -0.15) is 0 Å². The third kappa shape index (κ3) is 6.53. The van der Waals surface area contributed by atoms with Gasteiger partial charge in [0.25, 0.3) is 0 Å². The van der Waals surface area contributed by atoms with E-state index in [1.807, 2.05) is 4.90 Å². The molecule has 2 rings (SSSR count). The minimum Gasteiger partial charge on any atom is -0.496 e. The standard InChI is InChI=1S/C23H37NO3/c1-5-19-14-18(9-12-22(19)27-4)15-20(17(2)3)10-11-21(25)16-24-13-7-6-8-23(24)26/h9,12,14,17,20-21,25H,5-8,10-11,13,15-16H2,1-4H3. The molecule has 1 aromatic rings. The van der Waals surface area contributed by atoms with Crippen LogP contribution in [0.15, 0.2) is 18.2 Å². The number of hydrogen-bond donors (Lipinski definition) is 1. The number of amides is 1. The predicted molar refractivity (Wildman–Crippen MR) is 110 cm³/mol. The first-order valence-corrected chi connectivity index (χ1v) is 10.6. The summed E-state index contributed by atoms with van der Waals surface area (Å²) in [4.78, 5) is 13.8. The fourth-order valence-electron chi connectivity index (χ4n) is 4.02. The number of hydrogen-bond acceptors (Lipinski definition) is 3. The molecule has 2 unspecified atom stereocenters. The Balaban J connectivity index is 1.90. The summed E-state index contributed by atoms with van der Waals surface area (Å²) in [6.45, 7) is 7.96. The fraction of sp³-hybridized carbons (Fsp3) is 0.696. The molecule has 2 atom stereocenters. The maximum absolute atomic E-state index is 11.9. The quantitative estimate of drug-likeness (QED) is 0.666. The largest absolute Gasteiger partial charge is 0.496 e. The van der Waals surface area contributed by atoms with Crippen LogP contribution in [0.4, 0.5) is 0 Å². The lowest BCUT2D eigenvalue weighted by atomic mass is 9.84. The van der Waals surface area contributed by atoms with Crippen molar-refractivity contribution < 1.29 is 14.6 Å². The number of nitrogens with zero attached hydrogens (tertiary/aromatic N) is 1. The summed E-state index contributed by atoms with van der Waals surface area (Å²) in [5, 5.41) is 10.5. The lowest BCUT2D eigenvalue weighted by molar-refractivity contribution is -0.134. The molecule has 1 aromatic carbocycles. The van der Waals surface area contributed by atoms with E-state index in [1.54, 1.807) is 7.11 Å². The van der Waals surface area contributed by atoms with E-state index in [2.05, 4.69) is 39.0 Å². The van der Waals surface area contributed by atoms with Crippen LogP contribution >= 0.6 is 0 Å². The van der Waals surface area contributed by atoms with Crippen LogP contribution in [-0.2, 0) is 17.6 Å². The van der Waals surface area contributed by atoms with E-state index < -0.39 is 6.10 Å². The molecule has 0 spiro atoms. The molecule has 1 amide bonds. The molecular formula is C23H37NO3. The van der Waals surface area contributed by atoms with E-state index >= 15 is 0 Å². The van der Waals surface area contributed by atoms with E-state index in [-0.39, 0.29) is 5.91 Å². The Kier molecular flexibility index (Phi) is 8.62. The first-order chi connectivity index (χ1) is 12.9. The van der Waals surface area contributed by atoms with Gasteiger partial charge in [0, 0.05) is 19.5 Å². The summed E-state index contributed by atoms with van der Waals surface area (Å²) in [5.74, 6) is 2.24. The van der Waals surface area contributed by atoms with Crippen LogP contribution in [0.5, 0.6) is 5.75 Å². The average molecular weight is 376 g/mol. The van der Waals surface area contributed by atoms with Crippen molar-refractivity contribution in [3.05, 3.63) is 29.3 Å². The molecule has 0 radical (unpaired) electrons. The summed E-state index contributed by atoms with van der Waals surface area (Å²) in [5.41, 5.74) is 2.59. The molecule has 4 nitrogen and oxygen atoms in total. The first-order valence-electron chi connectivity index (χ1n) is 10.6. The number of aliphatic hydroxyl groups excluding tert-OH is 1. The van der Waals surface area contributed by atoms with Crippen molar-refractivity contribution in [3.8, 4) is 5.75 Å². The molecule has 0 aliphatic carbocycles. The van der Waals surface area contributed by atoms with Gasteiger partial charge in [0.15, 0.2) is 0 Å². The van der Waals surface area contributed by atoms with Gasteiger partial charge in [0.1, 0.15) is 5.75 Å². The Morgan fingerprint density at radius 3 is 2.63 bits per heavy atom. The van der Waals surface area contributed by atoms with E-state index in [0.29, 0.717) is 24.8 Å². The van der Waals surface area contributed by atoms with Crippen molar-refractivity contribution in [2.45, 2.75) is 71.8 Å². The third-order valence-electron chi connectivity index (χ3n) is 5.89. The number of β-amino-alcohol motifs (C(OH)–C–C–N with tert-alkyl or cyclic N) is 1. The van der Waals surface area contributed by atoms with Crippen LogP contribution in [0.2, 0.25) is 0 Å². The molecule has 1 N–H and O–H groups in total. The molecule has 0 saturated carbocycles. The topological polar surface area (TPSA) is 49.8 Å². The molecule has 1 saturated heterocycles. The number of carbonyl (C=O) groups excluding carboxylic acids is 1. The molecule has 27 heavy (non-hydrogen) atoms. The summed E-state index contributed by atoms with van der Waals surface area (Å²) < 4.78 is 5.44. The fourth-order valence-corrected chi connectivity index (χ4v) is 4.02. The second-order valence-corrected chi connectivity index (χ2v) is 8.24. The summed E-state index contributed by atoms with van der Waals surface area (Å²) in [7, 11) is 1.72. The monoisotopic (exact) mass is 375 g/mol. The van der Waals surface area contributed by atoms with Gasteiger partial charge in [-0.1, -0.05) is 32.9 Å². The van der Waals surface area contributed by atoms with Gasteiger partial charge in [-0.05, 0) is 67.6 Å². The van der Waals surface area contributed by atoms with Crippen molar-refractivity contribution in [1.82, 2.24) is 4.90 Å². The normalized spacial score (nSPS) is 17.3. The van der Waals surface area contributed by atoms with Crippen LogP contribution in [0.3, 0.4) is 0 Å². The number of benzene rings is 1. The van der Waals surface area contributed by atoms with E-state index in [9.17, 15) is 9.90 Å². The van der Waals surface area contributed by atoms with Crippen molar-refractivity contribution >= 4 is 5.91 Å². The first kappa shape index (κ1) is 21.7. The highest BCUT2D eigenvalue weighted by molar-refractivity contribution is 5.76. The molecule has 152 valence electrons. The number of rotatable bonds is 10. The molecule has 1 heterocycles. The highest BCUT2D eigenvalue weighted by Gasteiger charge is 2.22. The van der Waals surface area contributed by atoms with Crippen molar-refractivity contribution in [1.29, 1.82) is 0 Å². The second-order valence-electron chi connectivity index (χ2n) is 8.24. The zero-order chi connectivity index (χ0) is 19.8. The Morgan fingerprint density at radius 2 is 2.00 bits per heavy atom. The van der Waals surface area contributed by atoms with Crippen molar-refractivity contribution in [2.24, 2.45) is 11.8 Å². The van der Waals surface area contributed by atoms with Crippen molar-refractivity contribution in [2.75, 3.05) is 20.2 Å². The van der Waals surface area contributed by atoms with Gasteiger partial charge in [0.2, 0.25) is 5.91 Å². The lowest BCUT2D eigenvalue weighted by Crippen LogP contribution is -2.40. The Hall–Kier alpha value is -1.55. The molecule has 1 aliphatic heterocycles. The number of methoxy groups -OCH3 is 1. The Bertz CT molecular complexity index is 599. The van der Waals surface area contributed by atoms with Gasteiger partial charge >= 0.3 is 0 Å². The van der Waals surface area contributed by atoms with Gasteiger partial charge in [-0.15, -0.1) is 0 Å².